The maximum absolute atomic E-state index is 12.4. The van der Waals surface area contributed by atoms with Crippen molar-refractivity contribution >= 4 is 50.4 Å². The first-order valence-electron chi connectivity index (χ1n) is 9.45. The van der Waals surface area contributed by atoms with E-state index in [1.807, 2.05) is 60.7 Å². The van der Waals surface area contributed by atoms with Crippen LogP contribution in [0.4, 0.5) is 0 Å². The van der Waals surface area contributed by atoms with Crippen molar-refractivity contribution in [1.29, 1.82) is 0 Å². The Morgan fingerprint density at radius 3 is 2.68 bits per heavy atom. The molecule has 0 unspecified atom stereocenters. The number of aromatic nitrogens is 1. The third kappa shape index (κ3) is 5.10. The van der Waals surface area contributed by atoms with Crippen molar-refractivity contribution < 1.29 is 9.53 Å². The number of carbonyl (C=O) groups excluding carboxylic acids is 1. The van der Waals surface area contributed by atoms with Crippen LogP contribution in [0.1, 0.15) is 21.5 Å². The zero-order chi connectivity index (χ0) is 21.6. The van der Waals surface area contributed by atoms with E-state index in [1.54, 1.807) is 18.3 Å². The number of hydrogen-bond acceptors (Lipinski definition) is 4. The molecule has 4 aromatic rings. The third-order valence-corrected chi connectivity index (χ3v) is 5.43. The van der Waals surface area contributed by atoms with E-state index in [0.717, 1.165) is 26.4 Å². The van der Waals surface area contributed by atoms with Gasteiger partial charge < -0.3 is 4.74 Å². The van der Waals surface area contributed by atoms with Gasteiger partial charge in [0.2, 0.25) is 0 Å². The lowest BCUT2D eigenvalue weighted by Crippen LogP contribution is -2.18. The Balaban J connectivity index is 1.59. The van der Waals surface area contributed by atoms with Crippen LogP contribution in [0.15, 0.2) is 88.6 Å². The molecule has 0 radical (unpaired) electrons. The minimum absolute atomic E-state index is 0.124. The van der Waals surface area contributed by atoms with Crippen LogP contribution < -0.4 is 10.2 Å². The zero-order valence-electron chi connectivity index (χ0n) is 16.3. The van der Waals surface area contributed by atoms with E-state index < -0.39 is 5.91 Å². The maximum Gasteiger partial charge on any atom is 0.274 e. The molecule has 154 valence electrons. The van der Waals surface area contributed by atoms with E-state index in [9.17, 15) is 4.79 Å². The number of fused-ring (bicyclic) bond motifs is 1. The summed E-state index contributed by atoms with van der Waals surface area (Å²) in [6.45, 7) is 0.407. The van der Waals surface area contributed by atoms with Gasteiger partial charge in [0.15, 0.2) is 0 Å². The Hall–Kier alpha value is -3.22. The van der Waals surface area contributed by atoms with Crippen LogP contribution in [-0.4, -0.2) is 17.1 Å². The summed E-state index contributed by atoms with van der Waals surface area (Å²) in [5.74, 6) is 0.228. The molecule has 0 aliphatic rings. The van der Waals surface area contributed by atoms with Crippen molar-refractivity contribution in [3.63, 3.8) is 0 Å². The highest BCUT2D eigenvalue weighted by Gasteiger charge is 2.11. The van der Waals surface area contributed by atoms with Gasteiger partial charge in [0, 0.05) is 16.2 Å². The number of carbonyl (C=O) groups is 1. The summed E-state index contributed by atoms with van der Waals surface area (Å²) in [6, 6.07) is 23.0. The standard InChI is InChI=1S/C24H17BrClN3O2/c25-18-10-7-16(8-11-18)15-31-22-12-9-17-4-1-2-5-19(17)21(22)14-28-29-24(30)20-6-3-13-27-23(20)26/h1-14H,15H2,(H,29,30). The normalized spacial score (nSPS) is 11.0. The second-order valence-corrected chi connectivity index (χ2v) is 7.93. The van der Waals surface area contributed by atoms with E-state index in [1.165, 1.54) is 6.20 Å². The van der Waals surface area contributed by atoms with Gasteiger partial charge in [-0.15, -0.1) is 0 Å². The van der Waals surface area contributed by atoms with Crippen LogP contribution in [0.3, 0.4) is 0 Å². The van der Waals surface area contributed by atoms with Crippen LogP contribution in [0.2, 0.25) is 5.15 Å². The predicted molar refractivity (Wildman–Crippen MR) is 127 cm³/mol. The van der Waals surface area contributed by atoms with Crippen molar-refractivity contribution in [2.24, 2.45) is 5.10 Å². The molecule has 7 heteroatoms. The van der Waals surface area contributed by atoms with E-state index in [4.69, 9.17) is 16.3 Å². The number of nitrogens with one attached hydrogen (secondary N) is 1. The first kappa shape index (κ1) is 21.0. The molecular weight excluding hydrogens is 478 g/mol. The fourth-order valence-corrected chi connectivity index (χ4v) is 3.52. The summed E-state index contributed by atoms with van der Waals surface area (Å²) in [5.41, 5.74) is 4.57. The molecule has 0 spiro atoms. The number of amides is 1. The summed E-state index contributed by atoms with van der Waals surface area (Å²) < 4.78 is 7.10. The highest BCUT2D eigenvalue weighted by Crippen LogP contribution is 2.27. The molecule has 0 aliphatic heterocycles. The minimum atomic E-state index is -0.438. The van der Waals surface area contributed by atoms with E-state index in [-0.39, 0.29) is 10.7 Å². The number of pyridine rings is 1. The average Bonchev–Trinajstić information content (AvgIpc) is 2.79. The first-order valence-corrected chi connectivity index (χ1v) is 10.6. The maximum atomic E-state index is 12.4. The summed E-state index contributed by atoms with van der Waals surface area (Å²) in [6.07, 6.45) is 3.11. The molecule has 3 aromatic carbocycles. The van der Waals surface area contributed by atoms with Crippen LogP contribution in [0.5, 0.6) is 5.75 Å². The van der Waals surface area contributed by atoms with Gasteiger partial charge in [0.25, 0.3) is 5.91 Å². The summed E-state index contributed by atoms with van der Waals surface area (Å²) in [4.78, 5) is 16.3. The monoisotopic (exact) mass is 493 g/mol. The average molecular weight is 495 g/mol. The Kier molecular flexibility index (Phi) is 6.60. The Morgan fingerprint density at radius 1 is 1.06 bits per heavy atom. The molecule has 1 heterocycles. The topological polar surface area (TPSA) is 63.6 Å². The molecule has 1 aromatic heterocycles. The summed E-state index contributed by atoms with van der Waals surface area (Å²) >= 11 is 9.42. The quantitative estimate of drug-likeness (QED) is 0.203. The number of ether oxygens (including phenoxy) is 1. The number of benzene rings is 3. The van der Waals surface area contributed by atoms with E-state index in [2.05, 4.69) is 31.4 Å². The van der Waals surface area contributed by atoms with Crippen LogP contribution in [-0.2, 0) is 6.61 Å². The number of halogens is 2. The minimum Gasteiger partial charge on any atom is -0.488 e. The molecule has 1 amide bonds. The van der Waals surface area contributed by atoms with Crippen molar-refractivity contribution in [3.8, 4) is 5.75 Å². The second kappa shape index (κ2) is 9.73. The largest absolute Gasteiger partial charge is 0.488 e. The van der Waals surface area contributed by atoms with Gasteiger partial charge in [0.05, 0.1) is 11.8 Å². The predicted octanol–water partition coefficient (Wildman–Crippen LogP) is 5.99. The Labute approximate surface area is 192 Å². The fourth-order valence-electron chi connectivity index (χ4n) is 3.05. The number of rotatable bonds is 6. The van der Waals surface area contributed by atoms with Gasteiger partial charge in [-0.25, -0.2) is 10.4 Å². The molecule has 0 atom stereocenters. The number of hydrogen-bond donors (Lipinski definition) is 1. The van der Waals surface area contributed by atoms with E-state index >= 15 is 0 Å². The molecular formula is C24H17BrClN3O2. The highest BCUT2D eigenvalue weighted by atomic mass is 79.9. The number of nitrogens with zero attached hydrogens (tertiary/aromatic N) is 2. The number of hydrazone groups is 1. The van der Waals surface area contributed by atoms with Gasteiger partial charge in [-0.2, -0.15) is 5.10 Å². The van der Waals surface area contributed by atoms with Gasteiger partial charge in [0.1, 0.15) is 17.5 Å². The third-order valence-electron chi connectivity index (χ3n) is 4.60. The van der Waals surface area contributed by atoms with Crippen LogP contribution >= 0.6 is 27.5 Å². The van der Waals surface area contributed by atoms with Gasteiger partial charge in [-0.05, 0) is 46.7 Å². The Morgan fingerprint density at radius 2 is 1.87 bits per heavy atom. The summed E-state index contributed by atoms with van der Waals surface area (Å²) in [7, 11) is 0. The highest BCUT2D eigenvalue weighted by molar-refractivity contribution is 9.10. The zero-order valence-corrected chi connectivity index (χ0v) is 18.6. The van der Waals surface area contributed by atoms with E-state index in [0.29, 0.717) is 12.4 Å². The molecule has 1 N–H and O–H groups in total. The van der Waals surface area contributed by atoms with Crippen molar-refractivity contribution in [3.05, 3.63) is 105 Å². The molecule has 5 nitrogen and oxygen atoms in total. The fraction of sp³-hybridized carbons (Fsp3) is 0.0417. The molecule has 0 saturated heterocycles. The molecule has 0 saturated carbocycles. The van der Waals surface area contributed by atoms with Gasteiger partial charge >= 0.3 is 0 Å². The second-order valence-electron chi connectivity index (χ2n) is 6.65. The summed E-state index contributed by atoms with van der Waals surface area (Å²) in [5, 5.41) is 6.27. The molecule has 0 fully saturated rings. The van der Waals surface area contributed by atoms with Gasteiger partial charge in [-0.3, -0.25) is 4.79 Å². The molecule has 31 heavy (non-hydrogen) atoms. The van der Waals surface area contributed by atoms with Crippen LogP contribution in [0.25, 0.3) is 10.8 Å². The lowest BCUT2D eigenvalue weighted by atomic mass is 10.0. The van der Waals surface area contributed by atoms with Gasteiger partial charge in [-0.1, -0.05) is 70.0 Å². The Bertz CT molecular complexity index is 1260. The van der Waals surface area contributed by atoms with Crippen LogP contribution in [0, 0.1) is 0 Å². The lowest BCUT2D eigenvalue weighted by Gasteiger charge is -2.12. The molecule has 0 bridgehead atoms. The SMILES string of the molecule is O=C(NN=Cc1c(OCc2ccc(Br)cc2)ccc2ccccc12)c1cccnc1Cl. The smallest absolute Gasteiger partial charge is 0.274 e. The van der Waals surface area contributed by atoms with Crippen molar-refractivity contribution in [1.82, 2.24) is 10.4 Å². The first-order chi connectivity index (χ1) is 15.1. The van der Waals surface area contributed by atoms with Crippen molar-refractivity contribution in [2.75, 3.05) is 0 Å². The lowest BCUT2D eigenvalue weighted by molar-refractivity contribution is 0.0955. The molecule has 0 aliphatic carbocycles. The molecule has 4 rings (SSSR count). The van der Waals surface area contributed by atoms with Crippen molar-refractivity contribution in [2.45, 2.75) is 6.61 Å².